The first kappa shape index (κ1) is 8.99. The minimum Gasteiger partial charge on any atom is -0.329 e. The van der Waals surface area contributed by atoms with Gasteiger partial charge in [0.1, 0.15) is 17.5 Å². The van der Waals surface area contributed by atoms with Gasteiger partial charge in [0.05, 0.1) is 6.33 Å². The average Bonchev–Trinajstić information content (AvgIpc) is 2.48. The first-order valence-electron chi connectivity index (χ1n) is 3.30. The second kappa shape index (κ2) is 2.97. The summed E-state index contributed by atoms with van der Waals surface area (Å²) in [5.74, 6) is 0. The molecular weight excluding hydrogens is 234 g/mol. The number of imidazole rings is 1. The molecule has 0 aliphatic rings. The molecule has 0 radical (unpaired) electrons. The number of nitrogens with zero attached hydrogens (tertiary/aromatic N) is 3. The van der Waals surface area contributed by atoms with Crippen LogP contribution in [0.2, 0.25) is 0 Å². The molecule has 0 atom stereocenters. The van der Waals surface area contributed by atoms with Crippen molar-refractivity contribution in [2.75, 3.05) is 0 Å². The molecule has 2 aromatic rings. The molecule has 1 N–H and O–H groups in total. The van der Waals surface area contributed by atoms with E-state index in [0.29, 0.717) is 11.2 Å². The Hall–Kier alpha value is -0.580. The van der Waals surface area contributed by atoms with Crippen molar-refractivity contribution >= 4 is 46.0 Å². The molecule has 0 saturated carbocycles. The average molecular weight is 237 g/mol. The molecule has 0 aliphatic carbocycles. The Bertz CT molecular complexity index is 433. The lowest BCUT2D eigenvalue weighted by Gasteiger charge is -2.08. The topological polar surface area (TPSA) is 54.5 Å². The van der Waals surface area contributed by atoms with Crippen LogP contribution in [-0.2, 0) is 3.79 Å². The molecule has 2 heterocycles. The molecule has 0 fully saturated rings. The van der Waals surface area contributed by atoms with E-state index in [4.69, 9.17) is 34.8 Å². The Labute approximate surface area is 88.3 Å². The van der Waals surface area contributed by atoms with Gasteiger partial charge in [-0.05, 0) is 0 Å². The Morgan fingerprint density at radius 3 is 2.62 bits per heavy atom. The number of aromatic nitrogens is 4. The van der Waals surface area contributed by atoms with Gasteiger partial charge in [0.2, 0.25) is 3.79 Å². The highest BCUT2D eigenvalue weighted by molar-refractivity contribution is 6.67. The Morgan fingerprint density at radius 2 is 1.92 bits per heavy atom. The predicted molar refractivity (Wildman–Crippen MR) is 50.9 cm³/mol. The number of H-pyrrole nitrogens is 1. The summed E-state index contributed by atoms with van der Waals surface area (Å²) in [6.07, 6.45) is 2.79. The van der Waals surface area contributed by atoms with Crippen molar-refractivity contribution in [2.24, 2.45) is 0 Å². The zero-order chi connectivity index (χ0) is 9.47. The Balaban J connectivity index is 2.75. The van der Waals surface area contributed by atoms with Gasteiger partial charge in [-0.1, -0.05) is 34.8 Å². The van der Waals surface area contributed by atoms with Crippen molar-refractivity contribution < 1.29 is 0 Å². The number of alkyl halides is 3. The monoisotopic (exact) mass is 236 g/mol. The highest BCUT2D eigenvalue weighted by atomic mass is 35.6. The third kappa shape index (κ3) is 1.57. The van der Waals surface area contributed by atoms with Crippen molar-refractivity contribution in [3.05, 3.63) is 18.3 Å². The lowest BCUT2D eigenvalue weighted by molar-refractivity contribution is 1.06. The highest BCUT2D eigenvalue weighted by Crippen LogP contribution is 2.38. The second-order valence-corrected chi connectivity index (χ2v) is 4.60. The van der Waals surface area contributed by atoms with Gasteiger partial charge >= 0.3 is 0 Å². The maximum Gasteiger partial charge on any atom is 0.234 e. The van der Waals surface area contributed by atoms with Gasteiger partial charge in [0.15, 0.2) is 5.65 Å². The molecule has 0 aliphatic heterocycles. The number of hydrogen-bond acceptors (Lipinski definition) is 3. The van der Waals surface area contributed by atoms with Gasteiger partial charge in [-0.2, -0.15) is 0 Å². The van der Waals surface area contributed by atoms with Gasteiger partial charge in [-0.3, -0.25) is 0 Å². The van der Waals surface area contributed by atoms with E-state index in [1.165, 1.54) is 12.7 Å². The minimum absolute atomic E-state index is 0.281. The van der Waals surface area contributed by atoms with Crippen LogP contribution in [0.1, 0.15) is 5.69 Å². The minimum atomic E-state index is -1.57. The molecule has 0 saturated heterocycles. The maximum absolute atomic E-state index is 5.68. The first-order chi connectivity index (χ1) is 6.09. The van der Waals surface area contributed by atoms with E-state index in [2.05, 4.69) is 19.9 Å². The summed E-state index contributed by atoms with van der Waals surface area (Å²) in [6, 6.07) is 0. The van der Waals surface area contributed by atoms with Crippen LogP contribution >= 0.6 is 34.8 Å². The van der Waals surface area contributed by atoms with Crippen LogP contribution in [0.5, 0.6) is 0 Å². The number of aromatic amines is 1. The van der Waals surface area contributed by atoms with Crippen LogP contribution < -0.4 is 0 Å². The number of nitrogens with one attached hydrogen (secondary N) is 1. The summed E-state index contributed by atoms with van der Waals surface area (Å²) in [5, 5.41) is 0. The molecule has 0 bridgehead atoms. The van der Waals surface area contributed by atoms with Crippen LogP contribution in [0, 0.1) is 0 Å². The van der Waals surface area contributed by atoms with Crippen molar-refractivity contribution in [3.63, 3.8) is 0 Å². The summed E-state index contributed by atoms with van der Waals surface area (Å²) in [7, 11) is 0. The fraction of sp³-hybridized carbons (Fsp3) is 0.167. The Kier molecular flexibility index (Phi) is 2.06. The molecule has 7 heteroatoms. The quantitative estimate of drug-likeness (QED) is 0.715. The Morgan fingerprint density at radius 1 is 1.15 bits per heavy atom. The fourth-order valence-corrected chi connectivity index (χ4v) is 1.39. The smallest absolute Gasteiger partial charge is 0.234 e. The molecule has 68 valence electrons. The first-order valence-corrected chi connectivity index (χ1v) is 4.43. The number of hydrogen-bond donors (Lipinski definition) is 1. The summed E-state index contributed by atoms with van der Waals surface area (Å²) < 4.78 is -1.57. The van der Waals surface area contributed by atoms with Crippen molar-refractivity contribution in [1.29, 1.82) is 0 Å². The van der Waals surface area contributed by atoms with E-state index >= 15 is 0 Å². The van der Waals surface area contributed by atoms with E-state index in [1.54, 1.807) is 0 Å². The molecular formula is C6H3Cl3N4. The van der Waals surface area contributed by atoms with Gasteiger partial charge in [0.25, 0.3) is 0 Å². The lowest BCUT2D eigenvalue weighted by atomic mass is 10.4. The molecule has 13 heavy (non-hydrogen) atoms. The normalized spacial score (nSPS) is 12.2. The molecule has 2 aromatic heterocycles. The maximum atomic E-state index is 5.68. The number of rotatable bonds is 0. The summed E-state index contributed by atoms with van der Waals surface area (Å²) in [5.41, 5.74) is 1.31. The number of halogens is 3. The van der Waals surface area contributed by atoms with E-state index in [9.17, 15) is 0 Å². The van der Waals surface area contributed by atoms with Gasteiger partial charge in [0, 0.05) is 0 Å². The van der Waals surface area contributed by atoms with Crippen LogP contribution in [0.4, 0.5) is 0 Å². The van der Waals surface area contributed by atoms with Gasteiger partial charge < -0.3 is 4.98 Å². The van der Waals surface area contributed by atoms with E-state index in [-0.39, 0.29) is 5.69 Å². The van der Waals surface area contributed by atoms with Crippen molar-refractivity contribution in [3.8, 4) is 0 Å². The number of fused-ring (bicyclic) bond motifs is 1. The predicted octanol–water partition coefficient (Wildman–Crippen LogP) is 2.18. The van der Waals surface area contributed by atoms with Crippen molar-refractivity contribution in [2.45, 2.75) is 3.79 Å². The molecule has 0 unspecified atom stereocenters. The standard InChI is InChI=1S/C6H3Cl3N4/c7-6(8,9)4-3-5(12-1-10-3)13-2-11-4/h1-2H,(H,10,11,12,13). The van der Waals surface area contributed by atoms with Gasteiger partial charge in [-0.15, -0.1) is 0 Å². The van der Waals surface area contributed by atoms with E-state index < -0.39 is 3.79 Å². The lowest BCUT2D eigenvalue weighted by Crippen LogP contribution is -2.05. The fourth-order valence-electron chi connectivity index (χ4n) is 0.972. The zero-order valence-electron chi connectivity index (χ0n) is 6.13. The SMILES string of the molecule is ClC(Cl)(Cl)c1ncnc2[nH]cnc12. The van der Waals surface area contributed by atoms with Crippen molar-refractivity contribution in [1.82, 2.24) is 19.9 Å². The third-order valence-electron chi connectivity index (χ3n) is 1.49. The summed E-state index contributed by atoms with van der Waals surface area (Å²) in [4.78, 5) is 14.5. The van der Waals surface area contributed by atoms with Crippen LogP contribution in [-0.4, -0.2) is 19.9 Å². The highest BCUT2D eigenvalue weighted by Gasteiger charge is 2.28. The molecule has 4 nitrogen and oxygen atoms in total. The third-order valence-corrected chi connectivity index (χ3v) is 2.02. The van der Waals surface area contributed by atoms with Crippen LogP contribution in [0.15, 0.2) is 12.7 Å². The largest absolute Gasteiger partial charge is 0.329 e. The van der Waals surface area contributed by atoms with E-state index in [1.807, 2.05) is 0 Å². The van der Waals surface area contributed by atoms with E-state index in [0.717, 1.165) is 0 Å². The zero-order valence-corrected chi connectivity index (χ0v) is 8.40. The van der Waals surface area contributed by atoms with Crippen LogP contribution in [0.3, 0.4) is 0 Å². The van der Waals surface area contributed by atoms with Crippen LogP contribution in [0.25, 0.3) is 11.2 Å². The van der Waals surface area contributed by atoms with Gasteiger partial charge in [-0.25, -0.2) is 15.0 Å². The second-order valence-electron chi connectivity index (χ2n) is 2.32. The molecule has 0 amide bonds. The molecule has 0 aromatic carbocycles. The summed E-state index contributed by atoms with van der Waals surface area (Å²) >= 11 is 17.0. The molecule has 2 rings (SSSR count). The molecule has 0 spiro atoms. The summed E-state index contributed by atoms with van der Waals surface area (Å²) in [6.45, 7) is 0.